The van der Waals surface area contributed by atoms with Gasteiger partial charge in [0.2, 0.25) is 11.8 Å². The monoisotopic (exact) mass is 450 g/mol. The molecule has 32 heavy (non-hydrogen) atoms. The molecule has 0 atom stereocenters. The third kappa shape index (κ3) is 4.50. The number of anilines is 1. The Labute approximate surface area is 191 Å². The van der Waals surface area contributed by atoms with Gasteiger partial charge in [-0.2, -0.15) is 0 Å². The summed E-state index contributed by atoms with van der Waals surface area (Å²) >= 11 is 1.26. The number of carbonyl (C=O) groups excluding carboxylic acids is 2. The fourth-order valence-electron chi connectivity index (χ4n) is 3.92. The molecule has 1 N–H and O–H groups in total. The molecule has 2 heterocycles. The normalized spacial score (nSPS) is 13.0. The van der Waals surface area contributed by atoms with E-state index in [4.69, 9.17) is 0 Å². The lowest BCUT2D eigenvalue weighted by Gasteiger charge is -2.28. The molecule has 0 saturated heterocycles. The molecule has 0 bridgehead atoms. The van der Waals surface area contributed by atoms with Crippen LogP contribution in [-0.4, -0.2) is 44.1 Å². The van der Waals surface area contributed by atoms with Crippen molar-refractivity contribution in [3.63, 3.8) is 0 Å². The van der Waals surface area contributed by atoms with Gasteiger partial charge in [-0.3, -0.25) is 19.1 Å². The molecular weight excluding hydrogens is 424 g/mol. The molecule has 0 spiro atoms. The third-order valence-corrected chi connectivity index (χ3v) is 6.68. The summed E-state index contributed by atoms with van der Waals surface area (Å²) < 4.78 is 3.24. The van der Waals surface area contributed by atoms with Crippen LogP contribution in [0, 0.1) is 6.92 Å². The number of para-hydroxylation sites is 1. The van der Waals surface area contributed by atoms with E-state index in [0.717, 1.165) is 12.1 Å². The predicted molar refractivity (Wildman–Crippen MR) is 127 cm³/mol. The van der Waals surface area contributed by atoms with Crippen molar-refractivity contribution < 1.29 is 9.59 Å². The van der Waals surface area contributed by atoms with Gasteiger partial charge in [0.15, 0.2) is 0 Å². The van der Waals surface area contributed by atoms with E-state index in [1.807, 2.05) is 47.4 Å². The molecule has 1 aliphatic heterocycles. The highest BCUT2D eigenvalue weighted by Gasteiger charge is 2.21. The average molecular weight is 451 g/mol. The second kappa shape index (κ2) is 9.48. The summed E-state index contributed by atoms with van der Waals surface area (Å²) in [4.78, 5) is 39.8. The number of carbonyl (C=O) groups is 2. The first-order valence-corrected chi connectivity index (χ1v) is 11.7. The van der Waals surface area contributed by atoms with Crippen LogP contribution >= 0.6 is 11.8 Å². The van der Waals surface area contributed by atoms with Gasteiger partial charge in [0.05, 0.1) is 22.9 Å². The van der Waals surface area contributed by atoms with Crippen molar-refractivity contribution in [3.8, 4) is 5.69 Å². The summed E-state index contributed by atoms with van der Waals surface area (Å²) in [6, 6.07) is 17.5. The van der Waals surface area contributed by atoms with E-state index in [2.05, 4.69) is 17.4 Å². The summed E-state index contributed by atoms with van der Waals surface area (Å²) in [5, 5.41) is 2.74. The van der Waals surface area contributed by atoms with E-state index in [0.29, 0.717) is 18.8 Å². The zero-order valence-electron chi connectivity index (χ0n) is 18.2. The minimum Gasteiger partial charge on any atom is -0.337 e. The molecule has 0 aliphatic carbocycles. The topological polar surface area (TPSA) is 76.3 Å². The molecule has 4 rings (SSSR count). The molecule has 0 saturated carbocycles. The van der Waals surface area contributed by atoms with Crippen molar-refractivity contribution >= 4 is 29.3 Å². The summed E-state index contributed by atoms with van der Waals surface area (Å²) in [7, 11) is 1.78. The lowest BCUT2D eigenvalue weighted by Crippen LogP contribution is -2.37. The summed E-state index contributed by atoms with van der Waals surface area (Å²) in [6.07, 6.45) is 0.855. The second-order valence-corrected chi connectivity index (χ2v) is 8.80. The number of nitrogens with one attached hydrogen (secondary N) is 1. The molecule has 2 aromatic carbocycles. The third-order valence-electron chi connectivity index (χ3n) is 5.76. The van der Waals surface area contributed by atoms with Crippen molar-refractivity contribution in [2.75, 3.05) is 23.4 Å². The number of rotatable bonds is 6. The van der Waals surface area contributed by atoms with Crippen LogP contribution in [0.4, 0.5) is 5.69 Å². The number of amides is 2. The van der Waals surface area contributed by atoms with Crippen LogP contribution in [0.25, 0.3) is 5.69 Å². The fraction of sp³-hybridized carbons (Fsp3) is 0.292. The number of fused-ring (bicyclic) bond motifs is 1. The zero-order valence-corrected chi connectivity index (χ0v) is 19.0. The maximum atomic E-state index is 12.9. The van der Waals surface area contributed by atoms with E-state index >= 15 is 0 Å². The molecule has 1 aliphatic rings. The molecule has 0 radical (unpaired) electrons. The van der Waals surface area contributed by atoms with Crippen molar-refractivity contribution in [2.24, 2.45) is 7.05 Å². The Morgan fingerprint density at radius 3 is 2.44 bits per heavy atom. The summed E-state index contributed by atoms with van der Waals surface area (Å²) in [6.45, 7) is 3.11. The molecule has 0 unspecified atom stereocenters. The highest BCUT2D eigenvalue weighted by Crippen LogP contribution is 2.19. The number of thioether (sulfide) groups is 1. The molecule has 7 nitrogen and oxygen atoms in total. The first-order valence-electron chi connectivity index (χ1n) is 10.5. The van der Waals surface area contributed by atoms with E-state index in [-0.39, 0.29) is 34.6 Å². The van der Waals surface area contributed by atoms with Crippen molar-refractivity contribution in [1.29, 1.82) is 0 Å². The van der Waals surface area contributed by atoms with Gasteiger partial charge >= 0.3 is 0 Å². The number of hydrogen-bond acceptors (Lipinski definition) is 4. The Balaban J connectivity index is 1.33. The van der Waals surface area contributed by atoms with E-state index in [1.54, 1.807) is 18.7 Å². The number of benzene rings is 2. The van der Waals surface area contributed by atoms with Crippen molar-refractivity contribution in [3.05, 3.63) is 81.8 Å². The minimum atomic E-state index is -0.294. The molecular formula is C24H26N4O3S. The SMILES string of the molecule is Cc1c(NC(=O)CSCC(=O)N2CCc3ccccc3C2)c(=O)n(-c2ccccc2)n1C. The van der Waals surface area contributed by atoms with Crippen LogP contribution in [-0.2, 0) is 29.6 Å². The van der Waals surface area contributed by atoms with Gasteiger partial charge < -0.3 is 10.2 Å². The van der Waals surface area contributed by atoms with Crippen LogP contribution in [0.2, 0.25) is 0 Å². The maximum Gasteiger partial charge on any atom is 0.295 e. The lowest BCUT2D eigenvalue weighted by atomic mass is 10.00. The van der Waals surface area contributed by atoms with Crippen LogP contribution in [0.1, 0.15) is 16.8 Å². The molecule has 1 aromatic heterocycles. The summed E-state index contributed by atoms with van der Waals surface area (Å²) in [5.41, 5.74) is 3.86. The zero-order chi connectivity index (χ0) is 22.7. The lowest BCUT2D eigenvalue weighted by molar-refractivity contribution is -0.129. The highest BCUT2D eigenvalue weighted by molar-refractivity contribution is 8.00. The first kappa shape index (κ1) is 22.0. The van der Waals surface area contributed by atoms with Crippen LogP contribution < -0.4 is 10.9 Å². The molecule has 166 valence electrons. The van der Waals surface area contributed by atoms with Gasteiger partial charge in [0, 0.05) is 20.1 Å². The quantitative estimate of drug-likeness (QED) is 0.627. The smallest absolute Gasteiger partial charge is 0.295 e. The van der Waals surface area contributed by atoms with Crippen molar-refractivity contribution in [2.45, 2.75) is 19.9 Å². The van der Waals surface area contributed by atoms with E-state index in [1.165, 1.54) is 27.6 Å². The Hall–Kier alpha value is -3.26. The Kier molecular flexibility index (Phi) is 6.50. The minimum absolute atomic E-state index is 0.0274. The van der Waals surface area contributed by atoms with Crippen LogP contribution in [0.5, 0.6) is 0 Å². The van der Waals surface area contributed by atoms with E-state index in [9.17, 15) is 14.4 Å². The van der Waals surface area contributed by atoms with Gasteiger partial charge in [0.25, 0.3) is 5.56 Å². The first-order chi connectivity index (χ1) is 15.5. The highest BCUT2D eigenvalue weighted by atomic mass is 32.2. The Morgan fingerprint density at radius 1 is 1.00 bits per heavy atom. The van der Waals surface area contributed by atoms with Crippen molar-refractivity contribution in [1.82, 2.24) is 14.3 Å². The second-order valence-electron chi connectivity index (χ2n) is 7.81. The van der Waals surface area contributed by atoms with E-state index < -0.39 is 0 Å². The molecule has 2 amide bonds. The Morgan fingerprint density at radius 2 is 1.69 bits per heavy atom. The van der Waals surface area contributed by atoms with Gasteiger partial charge in [0.1, 0.15) is 5.69 Å². The maximum absolute atomic E-state index is 12.9. The fourth-order valence-corrected chi connectivity index (χ4v) is 4.64. The molecule has 3 aromatic rings. The predicted octanol–water partition coefficient (Wildman–Crippen LogP) is 2.74. The summed E-state index contributed by atoms with van der Waals surface area (Å²) in [5.74, 6) is 0.0739. The van der Waals surface area contributed by atoms with Gasteiger partial charge in [-0.1, -0.05) is 42.5 Å². The number of nitrogens with zero attached hydrogens (tertiary/aromatic N) is 3. The molecule has 0 fully saturated rings. The van der Waals surface area contributed by atoms with Gasteiger partial charge in [-0.15, -0.1) is 11.8 Å². The van der Waals surface area contributed by atoms with Crippen LogP contribution in [0.15, 0.2) is 59.4 Å². The standard InChI is InChI=1S/C24H26N4O3S/c1-17-23(24(31)28(26(17)2)20-10-4-3-5-11-20)25-21(29)15-32-16-22(30)27-13-12-18-8-6-7-9-19(18)14-27/h3-11H,12-16H2,1-2H3,(H,25,29). The Bertz CT molecular complexity index is 1200. The average Bonchev–Trinajstić information content (AvgIpc) is 3.02. The van der Waals surface area contributed by atoms with Crippen LogP contribution in [0.3, 0.4) is 0 Å². The van der Waals surface area contributed by atoms with Gasteiger partial charge in [-0.25, -0.2) is 4.68 Å². The number of hydrogen-bond donors (Lipinski definition) is 1. The van der Waals surface area contributed by atoms with Gasteiger partial charge in [-0.05, 0) is 36.6 Å². The number of aromatic nitrogens is 2. The largest absolute Gasteiger partial charge is 0.337 e. The molecule has 8 heteroatoms.